The Morgan fingerprint density at radius 2 is 1.71 bits per heavy atom. The first-order valence-electron chi connectivity index (χ1n) is 13.6. The summed E-state index contributed by atoms with van der Waals surface area (Å²) in [5, 5.41) is 13.4. The fraction of sp³-hybridized carbons (Fsp3) is 0.312. The fourth-order valence-electron chi connectivity index (χ4n) is 5.51. The van der Waals surface area contributed by atoms with Gasteiger partial charge in [-0.05, 0) is 67.0 Å². The quantitative estimate of drug-likeness (QED) is 0.244. The summed E-state index contributed by atoms with van der Waals surface area (Å²) < 4.78 is 0. The zero-order chi connectivity index (χ0) is 26.3. The molecule has 0 spiro atoms. The van der Waals surface area contributed by atoms with Gasteiger partial charge in [-0.2, -0.15) is 0 Å². The molecule has 0 saturated carbocycles. The lowest BCUT2D eigenvalue weighted by Gasteiger charge is -2.33. The van der Waals surface area contributed by atoms with Gasteiger partial charge in [0.1, 0.15) is 0 Å². The Hall–Kier alpha value is -4.06. The third-order valence-corrected chi connectivity index (χ3v) is 7.42. The predicted molar refractivity (Wildman–Crippen MR) is 152 cm³/mol. The number of fused-ring (bicyclic) bond motifs is 1. The van der Waals surface area contributed by atoms with E-state index >= 15 is 0 Å². The molecular formula is C32H35N3O3. The van der Waals surface area contributed by atoms with Crippen molar-refractivity contribution in [3.05, 3.63) is 101 Å². The highest BCUT2D eigenvalue weighted by molar-refractivity contribution is 5.86. The van der Waals surface area contributed by atoms with E-state index in [0.717, 1.165) is 46.2 Å². The van der Waals surface area contributed by atoms with Gasteiger partial charge in [0, 0.05) is 47.9 Å². The van der Waals surface area contributed by atoms with Gasteiger partial charge >= 0.3 is 5.97 Å². The van der Waals surface area contributed by atoms with Crippen LogP contribution in [0.1, 0.15) is 60.4 Å². The summed E-state index contributed by atoms with van der Waals surface area (Å²) in [6.45, 7) is 2.08. The molecule has 38 heavy (non-hydrogen) atoms. The fourth-order valence-corrected chi connectivity index (χ4v) is 5.51. The van der Waals surface area contributed by atoms with Crippen LogP contribution in [0.5, 0.6) is 0 Å². The zero-order valence-corrected chi connectivity index (χ0v) is 21.7. The maximum Gasteiger partial charge on any atom is 0.303 e. The molecule has 3 aromatic carbocycles. The van der Waals surface area contributed by atoms with Crippen molar-refractivity contribution in [3.8, 4) is 0 Å². The molecule has 0 aliphatic carbocycles. The van der Waals surface area contributed by atoms with Gasteiger partial charge < -0.3 is 20.3 Å². The van der Waals surface area contributed by atoms with Crippen LogP contribution >= 0.6 is 0 Å². The van der Waals surface area contributed by atoms with Crippen molar-refractivity contribution >= 4 is 28.5 Å². The minimum atomic E-state index is -0.781. The van der Waals surface area contributed by atoms with Gasteiger partial charge in [-0.25, -0.2) is 0 Å². The van der Waals surface area contributed by atoms with Crippen molar-refractivity contribution in [2.24, 2.45) is 0 Å². The average molecular weight is 510 g/mol. The van der Waals surface area contributed by atoms with Crippen LogP contribution in [0.15, 0.2) is 79.0 Å². The minimum Gasteiger partial charge on any atom is -0.481 e. The average Bonchev–Trinajstić information content (AvgIpc) is 3.34. The third kappa shape index (κ3) is 6.08. The Balaban J connectivity index is 1.37. The number of rotatable bonds is 10. The number of carbonyl (C=O) groups is 2. The second-order valence-corrected chi connectivity index (χ2v) is 10.1. The number of aromatic nitrogens is 1. The van der Waals surface area contributed by atoms with Gasteiger partial charge in [-0.3, -0.25) is 9.59 Å². The molecule has 196 valence electrons. The smallest absolute Gasteiger partial charge is 0.303 e. The third-order valence-electron chi connectivity index (χ3n) is 7.42. The number of nitrogens with one attached hydrogen (secondary N) is 2. The Labute approximate surface area is 223 Å². The van der Waals surface area contributed by atoms with E-state index in [0.29, 0.717) is 12.8 Å². The highest BCUT2D eigenvalue weighted by Crippen LogP contribution is 2.32. The van der Waals surface area contributed by atoms with Crippen LogP contribution in [-0.2, 0) is 22.4 Å². The number of carboxylic acids is 1. The lowest BCUT2D eigenvalue weighted by atomic mass is 9.95. The van der Waals surface area contributed by atoms with E-state index in [2.05, 4.69) is 57.7 Å². The maximum absolute atomic E-state index is 13.5. The van der Waals surface area contributed by atoms with Crippen LogP contribution in [-0.4, -0.2) is 35.1 Å². The molecule has 4 aromatic rings. The molecule has 1 aliphatic rings. The SMILES string of the molecule is O=C(O)CCCc1c[nH]c2ccc(CC(=O)NC(c3ccccc3)c3ccccc3N3CCCCC3)cc12. The molecule has 1 amide bonds. The molecule has 6 nitrogen and oxygen atoms in total. The molecule has 5 rings (SSSR count). The van der Waals surface area contributed by atoms with E-state index in [9.17, 15) is 9.59 Å². The van der Waals surface area contributed by atoms with Crippen LogP contribution in [0.3, 0.4) is 0 Å². The van der Waals surface area contributed by atoms with Crippen molar-refractivity contribution in [3.63, 3.8) is 0 Å². The van der Waals surface area contributed by atoms with Gasteiger partial charge in [-0.1, -0.05) is 54.6 Å². The Morgan fingerprint density at radius 1 is 0.947 bits per heavy atom. The summed E-state index contributed by atoms with van der Waals surface area (Å²) >= 11 is 0. The number of aliphatic carboxylic acids is 1. The number of nitrogens with zero attached hydrogens (tertiary/aromatic N) is 1. The summed E-state index contributed by atoms with van der Waals surface area (Å²) in [5.74, 6) is -0.813. The zero-order valence-electron chi connectivity index (χ0n) is 21.7. The number of hydrogen-bond donors (Lipinski definition) is 3. The predicted octanol–water partition coefficient (Wildman–Crippen LogP) is 6.01. The first-order valence-corrected chi connectivity index (χ1v) is 13.6. The Kier molecular flexibility index (Phi) is 8.07. The van der Waals surface area contributed by atoms with Gasteiger partial charge in [0.25, 0.3) is 0 Å². The van der Waals surface area contributed by atoms with E-state index in [1.165, 1.54) is 24.9 Å². The van der Waals surface area contributed by atoms with E-state index in [-0.39, 0.29) is 24.8 Å². The van der Waals surface area contributed by atoms with E-state index in [4.69, 9.17) is 5.11 Å². The molecule has 1 atom stereocenters. The number of carboxylic acid groups (broad SMARTS) is 1. The Morgan fingerprint density at radius 3 is 2.50 bits per heavy atom. The number of anilines is 1. The first-order chi connectivity index (χ1) is 18.6. The van der Waals surface area contributed by atoms with Gasteiger partial charge in [0.2, 0.25) is 5.91 Å². The monoisotopic (exact) mass is 509 g/mol. The summed E-state index contributed by atoms with van der Waals surface area (Å²) in [4.78, 5) is 30.1. The molecule has 3 N–H and O–H groups in total. The van der Waals surface area contributed by atoms with E-state index < -0.39 is 5.97 Å². The highest BCUT2D eigenvalue weighted by Gasteiger charge is 2.23. The summed E-state index contributed by atoms with van der Waals surface area (Å²) in [6, 6.07) is 24.4. The van der Waals surface area contributed by atoms with Gasteiger partial charge in [-0.15, -0.1) is 0 Å². The normalized spacial score (nSPS) is 14.4. The van der Waals surface area contributed by atoms with Crippen LogP contribution in [0.2, 0.25) is 0 Å². The largest absolute Gasteiger partial charge is 0.481 e. The standard InChI is InChI=1S/C32H35N3O3/c36-30(21-23-16-17-28-27(20-23)25(22-33-28)12-9-15-31(37)38)34-32(24-10-3-1-4-11-24)26-13-5-6-14-29(26)35-18-7-2-8-19-35/h1,3-6,10-11,13-14,16-17,20,22,32-33H,2,7-9,12,15,18-19,21H2,(H,34,36)(H,37,38). The number of benzene rings is 3. The first kappa shape index (κ1) is 25.6. The van der Waals surface area contributed by atoms with Crippen LogP contribution in [0.4, 0.5) is 5.69 Å². The molecule has 1 aromatic heterocycles. The summed E-state index contributed by atoms with van der Waals surface area (Å²) in [6.07, 6.45) is 7.28. The van der Waals surface area contributed by atoms with Crippen LogP contribution < -0.4 is 10.2 Å². The number of H-pyrrole nitrogens is 1. The molecule has 6 heteroatoms. The molecule has 2 heterocycles. The number of para-hydroxylation sites is 1. The van der Waals surface area contributed by atoms with Gasteiger partial charge in [0.15, 0.2) is 0 Å². The lowest BCUT2D eigenvalue weighted by molar-refractivity contribution is -0.137. The van der Waals surface area contributed by atoms with Gasteiger partial charge in [0.05, 0.1) is 12.5 Å². The molecule has 1 aliphatic heterocycles. The lowest BCUT2D eigenvalue weighted by Crippen LogP contribution is -2.34. The second-order valence-electron chi connectivity index (χ2n) is 10.1. The number of aryl methyl sites for hydroxylation is 1. The van der Waals surface area contributed by atoms with E-state index in [1.54, 1.807) is 0 Å². The van der Waals surface area contributed by atoms with Crippen molar-refractivity contribution in [1.29, 1.82) is 0 Å². The van der Waals surface area contributed by atoms with Crippen LogP contribution in [0, 0.1) is 0 Å². The van der Waals surface area contributed by atoms with Crippen molar-refractivity contribution < 1.29 is 14.7 Å². The molecule has 1 unspecified atom stereocenters. The van der Waals surface area contributed by atoms with Crippen molar-refractivity contribution in [1.82, 2.24) is 10.3 Å². The number of amides is 1. The van der Waals surface area contributed by atoms with Crippen LogP contribution in [0.25, 0.3) is 10.9 Å². The summed E-state index contributed by atoms with van der Waals surface area (Å²) in [5.41, 5.74) is 6.40. The van der Waals surface area contributed by atoms with Crippen molar-refractivity contribution in [2.45, 2.75) is 51.0 Å². The summed E-state index contributed by atoms with van der Waals surface area (Å²) in [7, 11) is 0. The minimum absolute atomic E-state index is 0.0328. The second kappa shape index (κ2) is 12.0. The Bertz CT molecular complexity index is 1390. The molecule has 1 fully saturated rings. The topological polar surface area (TPSA) is 85.4 Å². The number of aromatic amines is 1. The van der Waals surface area contributed by atoms with Crippen molar-refractivity contribution in [2.75, 3.05) is 18.0 Å². The molecule has 1 saturated heterocycles. The number of carbonyl (C=O) groups excluding carboxylic acids is 1. The number of hydrogen-bond acceptors (Lipinski definition) is 3. The van der Waals surface area contributed by atoms with E-state index in [1.807, 2.05) is 36.5 Å². The number of piperidine rings is 1. The maximum atomic E-state index is 13.5. The molecule has 0 radical (unpaired) electrons. The highest BCUT2D eigenvalue weighted by atomic mass is 16.4. The molecular weight excluding hydrogens is 474 g/mol. The molecule has 0 bridgehead atoms.